The normalized spacial score (nSPS) is 16.4. The number of nitrogens with zero attached hydrogens (tertiary/aromatic N) is 3. The van der Waals surface area contributed by atoms with Crippen LogP contribution in [-0.2, 0) is 6.54 Å². The van der Waals surface area contributed by atoms with Gasteiger partial charge in [-0.3, -0.25) is 4.90 Å². The molecule has 3 rings (SSSR count). The number of nitrogen functional groups attached to an aromatic ring is 1. The van der Waals surface area contributed by atoms with Gasteiger partial charge >= 0.3 is 0 Å². The Morgan fingerprint density at radius 2 is 2.20 bits per heavy atom. The average molecular weight is 291 g/mol. The third kappa shape index (κ3) is 2.92. The summed E-state index contributed by atoms with van der Waals surface area (Å²) in [4.78, 5) is 12.5. The molecule has 1 aliphatic rings. The summed E-state index contributed by atoms with van der Waals surface area (Å²) >= 11 is 1.63. The van der Waals surface area contributed by atoms with Crippen molar-refractivity contribution in [3.63, 3.8) is 0 Å². The molecule has 1 saturated carbocycles. The maximum atomic E-state index is 5.56. The number of nitrogens with one attached hydrogen (secondary N) is 1. The zero-order valence-electron chi connectivity index (χ0n) is 11.8. The molecule has 6 heteroatoms. The van der Waals surface area contributed by atoms with Crippen molar-refractivity contribution >= 4 is 27.4 Å². The topological polar surface area (TPSA) is 67.1 Å². The molecule has 2 heterocycles. The van der Waals surface area contributed by atoms with Gasteiger partial charge in [-0.2, -0.15) is 0 Å². The molecule has 1 aliphatic carbocycles. The summed E-state index contributed by atoms with van der Waals surface area (Å²) in [5.74, 6) is 7.97. The molecule has 2 aromatic rings. The van der Waals surface area contributed by atoms with Gasteiger partial charge in [0.2, 0.25) is 0 Å². The monoisotopic (exact) mass is 291 g/mol. The predicted molar refractivity (Wildman–Crippen MR) is 83.5 cm³/mol. The number of hydrogen-bond acceptors (Lipinski definition) is 6. The maximum absolute atomic E-state index is 5.56. The molecule has 0 amide bonds. The third-order valence-corrected chi connectivity index (χ3v) is 4.77. The lowest BCUT2D eigenvalue weighted by Gasteiger charge is -2.20. The van der Waals surface area contributed by atoms with Gasteiger partial charge < -0.3 is 5.43 Å². The Kier molecular flexibility index (Phi) is 4.14. The Labute approximate surface area is 123 Å². The molecule has 1 fully saturated rings. The van der Waals surface area contributed by atoms with Gasteiger partial charge in [-0.15, -0.1) is 11.3 Å². The molecule has 2 aromatic heterocycles. The summed E-state index contributed by atoms with van der Waals surface area (Å²) < 4.78 is 0. The largest absolute Gasteiger partial charge is 0.308 e. The van der Waals surface area contributed by atoms with E-state index < -0.39 is 0 Å². The molecule has 20 heavy (non-hydrogen) atoms. The molecule has 0 aromatic carbocycles. The van der Waals surface area contributed by atoms with Crippen molar-refractivity contribution in [1.29, 1.82) is 0 Å². The molecule has 0 atom stereocenters. The van der Waals surface area contributed by atoms with E-state index in [1.54, 1.807) is 11.3 Å². The summed E-state index contributed by atoms with van der Waals surface area (Å²) in [6.45, 7) is 1.91. The first-order chi connectivity index (χ1) is 9.76. The van der Waals surface area contributed by atoms with Crippen LogP contribution in [0, 0.1) is 5.92 Å². The lowest BCUT2D eigenvalue weighted by molar-refractivity contribution is 0.266. The molecule has 0 aliphatic heterocycles. The molecular formula is C14H21N5S. The smallest absolute Gasteiger partial charge is 0.152 e. The summed E-state index contributed by atoms with van der Waals surface area (Å²) in [5.41, 5.74) is 2.68. The highest BCUT2D eigenvalue weighted by Crippen LogP contribution is 2.27. The summed E-state index contributed by atoms with van der Waals surface area (Å²) in [7, 11) is 2.15. The molecule has 5 nitrogen and oxygen atoms in total. The minimum Gasteiger partial charge on any atom is -0.308 e. The fourth-order valence-electron chi connectivity index (χ4n) is 3.02. The molecular weight excluding hydrogens is 270 g/mol. The zero-order valence-corrected chi connectivity index (χ0v) is 12.6. The number of hydrazine groups is 1. The second-order valence-corrected chi connectivity index (χ2v) is 6.51. The Balaban J connectivity index is 1.72. The maximum Gasteiger partial charge on any atom is 0.152 e. The average Bonchev–Trinajstić information content (AvgIpc) is 3.08. The third-order valence-electron chi connectivity index (χ3n) is 3.96. The van der Waals surface area contributed by atoms with Gasteiger partial charge in [0.25, 0.3) is 0 Å². The van der Waals surface area contributed by atoms with Gasteiger partial charge in [-0.05, 0) is 37.3 Å². The van der Waals surface area contributed by atoms with Gasteiger partial charge in [-0.25, -0.2) is 15.8 Å². The van der Waals surface area contributed by atoms with Crippen LogP contribution >= 0.6 is 11.3 Å². The Morgan fingerprint density at radius 3 is 2.95 bits per heavy atom. The standard InChI is InChI=1S/C14H21N5S/c1-19(8-10-4-2-3-5-10)9-12-16-13(18-15)11-6-7-20-14(11)17-12/h6-7,10H,2-5,8-9,15H2,1H3,(H,16,17,18). The summed E-state index contributed by atoms with van der Waals surface area (Å²) in [5, 5.41) is 3.02. The summed E-state index contributed by atoms with van der Waals surface area (Å²) in [6.07, 6.45) is 5.50. The van der Waals surface area contributed by atoms with Crippen molar-refractivity contribution in [2.24, 2.45) is 11.8 Å². The van der Waals surface area contributed by atoms with Gasteiger partial charge in [0.05, 0.1) is 11.9 Å². The quantitative estimate of drug-likeness (QED) is 0.655. The first kappa shape index (κ1) is 13.7. The van der Waals surface area contributed by atoms with Crippen LogP contribution in [0.2, 0.25) is 0 Å². The fraction of sp³-hybridized carbons (Fsp3) is 0.571. The SMILES string of the molecule is CN(Cc1nc(NN)c2ccsc2n1)CC1CCCC1. The van der Waals surface area contributed by atoms with E-state index in [0.29, 0.717) is 0 Å². The predicted octanol–water partition coefficient (Wildman–Crippen LogP) is 2.60. The molecule has 3 N–H and O–H groups in total. The van der Waals surface area contributed by atoms with Crippen molar-refractivity contribution in [2.75, 3.05) is 19.0 Å². The zero-order chi connectivity index (χ0) is 13.9. The Morgan fingerprint density at radius 1 is 1.40 bits per heavy atom. The van der Waals surface area contributed by atoms with Gasteiger partial charge in [0, 0.05) is 6.54 Å². The number of anilines is 1. The minimum absolute atomic E-state index is 0.723. The second kappa shape index (κ2) is 6.03. The highest BCUT2D eigenvalue weighted by atomic mass is 32.1. The molecule has 0 unspecified atom stereocenters. The fourth-order valence-corrected chi connectivity index (χ4v) is 3.80. The number of aromatic nitrogens is 2. The van der Waals surface area contributed by atoms with Crippen LogP contribution in [0.5, 0.6) is 0 Å². The number of hydrogen-bond donors (Lipinski definition) is 2. The van der Waals surface area contributed by atoms with Gasteiger partial charge in [0.1, 0.15) is 10.7 Å². The number of fused-ring (bicyclic) bond motifs is 1. The van der Waals surface area contributed by atoms with Crippen LogP contribution in [0.4, 0.5) is 5.82 Å². The van der Waals surface area contributed by atoms with Gasteiger partial charge in [0.15, 0.2) is 5.82 Å². The lowest BCUT2D eigenvalue weighted by Crippen LogP contribution is -2.25. The highest BCUT2D eigenvalue weighted by Gasteiger charge is 2.17. The lowest BCUT2D eigenvalue weighted by atomic mass is 10.1. The van der Waals surface area contributed by atoms with Crippen molar-refractivity contribution < 1.29 is 0 Å². The summed E-state index contributed by atoms with van der Waals surface area (Å²) in [6, 6.07) is 2.00. The van der Waals surface area contributed by atoms with E-state index in [1.807, 2.05) is 11.4 Å². The van der Waals surface area contributed by atoms with Crippen molar-refractivity contribution in [2.45, 2.75) is 32.2 Å². The molecule has 108 valence electrons. The van der Waals surface area contributed by atoms with Crippen LogP contribution in [0.3, 0.4) is 0 Å². The van der Waals surface area contributed by atoms with E-state index in [1.165, 1.54) is 25.7 Å². The molecule has 0 spiro atoms. The highest BCUT2D eigenvalue weighted by molar-refractivity contribution is 7.16. The molecule has 0 radical (unpaired) electrons. The van der Waals surface area contributed by atoms with Crippen LogP contribution < -0.4 is 11.3 Å². The van der Waals surface area contributed by atoms with Crippen LogP contribution in [0.25, 0.3) is 10.2 Å². The Bertz CT molecular complexity index is 576. The first-order valence-corrected chi connectivity index (χ1v) is 8.03. The van der Waals surface area contributed by atoms with E-state index in [2.05, 4.69) is 27.3 Å². The van der Waals surface area contributed by atoms with Crippen LogP contribution in [-0.4, -0.2) is 28.5 Å². The van der Waals surface area contributed by atoms with Crippen molar-refractivity contribution in [1.82, 2.24) is 14.9 Å². The second-order valence-electron chi connectivity index (χ2n) is 5.62. The van der Waals surface area contributed by atoms with E-state index in [-0.39, 0.29) is 0 Å². The number of thiophene rings is 1. The molecule has 0 bridgehead atoms. The van der Waals surface area contributed by atoms with Crippen molar-refractivity contribution in [3.05, 3.63) is 17.3 Å². The van der Waals surface area contributed by atoms with Crippen molar-refractivity contribution in [3.8, 4) is 0 Å². The number of rotatable bonds is 5. The van der Waals surface area contributed by atoms with Crippen LogP contribution in [0.1, 0.15) is 31.5 Å². The van der Waals surface area contributed by atoms with E-state index in [9.17, 15) is 0 Å². The first-order valence-electron chi connectivity index (χ1n) is 7.15. The molecule has 0 saturated heterocycles. The Hall–Kier alpha value is -1.24. The minimum atomic E-state index is 0.723. The van der Waals surface area contributed by atoms with E-state index in [4.69, 9.17) is 5.84 Å². The number of nitrogens with two attached hydrogens (primary N) is 1. The van der Waals surface area contributed by atoms with E-state index in [0.717, 1.165) is 40.9 Å². The van der Waals surface area contributed by atoms with Crippen LogP contribution in [0.15, 0.2) is 11.4 Å². The van der Waals surface area contributed by atoms with E-state index >= 15 is 0 Å². The van der Waals surface area contributed by atoms with Gasteiger partial charge in [-0.1, -0.05) is 12.8 Å².